The summed E-state index contributed by atoms with van der Waals surface area (Å²) >= 11 is 23.4. The molecule has 2 rings (SSSR count). The first kappa shape index (κ1) is 21.0. The summed E-state index contributed by atoms with van der Waals surface area (Å²) < 4.78 is 44.2. The van der Waals surface area contributed by atoms with Crippen LogP contribution in [0.3, 0.4) is 0 Å². The minimum Gasteiger partial charge on any atom is -0.481 e. The Balaban J connectivity index is 2.38. The van der Waals surface area contributed by atoms with Gasteiger partial charge in [-0.25, -0.2) is 0 Å². The second kappa shape index (κ2) is 8.13. The Morgan fingerprint density at radius 3 is 2.27 bits per heavy atom. The van der Waals surface area contributed by atoms with E-state index in [1.807, 2.05) is 0 Å². The van der Waals surface area contributed by atoms with Gasteiger partial charge in [0.15, 0.2) is 5.75 Å². The fraction of sp³-hybridized carbons (Fsp3) is 0.188. The zero-order valence-corrected chi connectivity index (χ0v) is 15.7. The van der Waals surface area contributed by atoms with E-state index in [0.717, 1.165) is 0 Å². The second-order valence-electron chi connectivity index (χ2n) is 5.11. The number of hydrogen-bond acceptors (Lipinski definition) is 2. The van der Waals surface area contributed by atoms with E-state index in [4.69, 9.17) is 56.2 Å². The number of hydrogen-bond donors (Lipinski definition) is 1. The van der Waals surface area contributed by atoms with E-state index >= 15 is 0 Å². The van der Waals surface area contributed by atoms with Gasteiger partial charge in [0.2, 0.25) is 0 Å². The zero-order valence-electron chi connectivity index (χ0n) is 12.6. The number of alkyl halides is 3. The van der Waals surface area contributed by atoms with E-state index in [-0.39, 0.29) is 29.4 Å². The van der Waals surface area contributed by atoms with Crippen LogP contribution in [0.15, 0.2) is 24.3 Å². The summed E-state index contributed by atoms with van der Waals surface area (Å²) in [5.41, 5.74) is -0.698. The summed E-state index contributed by atoms with van der Waals surface area (Å²) in [4.78, 5) is 10.7. The van der Waals surface area contributed by atoms with Gasteiger partial charge in [-0.05, 0) is 36.2 Å². The van der Waals surface area contributed by atoms with E-state index in [9.17, 15) is 18.0 Å². The van der Waals surface area contributed by atoms with Gasteiger partial charge in [-0.15, -0.1) is 0 Å². The van der Waals surface area contributed by atoms with Crippen molar-refractivity contribution in [2.75, 3.05) is 0 Å². The molecule has 0 spiro atoms. The molecule has 140 valence electrons. The predicted molar refractivity (Wildman–Crippen MR) is 94.0 cm³/mol. The van der Waals surface area contributed by atoms with Crippen LogP contribution >= 0.6 is 46.4 Å². The lowest BCUT2D eigenvalue weighted by Crippen LogP contribution is -2.06. The van der Waals surface area contributed by atoms with Crippen LogP contribution in [0.25, 0.3) is 0 Å². The number of carboxylic acid groups (broad SMARTS) is 1. The maximum Gasteiger partial charge on any atom is 0.417 e. The Labute approximate surface area is 166 Å². The third kappa shape index (κ3) is 4.88. The van der Waals surface area contributed by atoms with Crippen molar-refractivity contribution in [2.24, 2.45) is 0 Å². The van der Waals surface area contributed by atoms with Crippen molar-refractivity contribution in [1.29, 1.82) is 0 Å². The normalized spacial score (nSPS) is 11.5. The molecule has 0 aliphatic carbocycles. The van der Waals surface area contributed by atoms with Gasteiger partial charge in [0.25, 0.3) is 0 Å². The number of benzene rings is 2. The summed E-state index contributed by atoms with van der Waals surface area (Å²) in [5, 5.41) is 7.46. The number of carbonyl (C=O) groups is 1. The Bertz CT molecular complexity index is 854. The molecular formula is C16H9Cl4F3O3. The molecule has 0 saturated heterocycles. The zero-order chi connectivity index (χ0) is 19.6. The number of carboxylic acids is 1. The Kier molecular flexibility index (Phi) is 6.55. The smallest absolute Gasteiger partial charge is 0.417 e. The molecule has 2 aromatic rings. The second-order valence-corrected chi connectivity index (χ2v) is 6.68. The highest BCUT2D eigenvalue weighted by Gasteiger charge is 2.36. The maximum absolute atomic E-state index is 12.9. The first-order valence-electron chi connectivity index (χ1n) is 6.93. The fourth-order valence-electron chi connectivity index (χ4n) is 2.04. The standard InChI is InChI=1S/C16H9Cl4F3O3/c17-10-3-2-8(5-7(10)1-4-12(24)25)26-15-11(18)6-9(16(21,22)23)13(19)14(15)20/h2-3,5-6H,1,4H2,(H,24,25). The highest BCUT2D eigenvalue weighted by molar-refractivity contribution is 6.45. The Morgan fingerprint density at radius 1 is 1.04 bits per heavy atom. The summed E-state index contributed by atoms with van der Waals surface area (Å²) in [6, 6.07) is 4.96. The van der Waals surface area contributed by atoms with E-state index in [2.05, 4.69) is 0 Å². The summed E-state index contributed by atoms with van der Waals surface area (Å²) in [6.45, 7) is 0. The Hall–Kier alpha value is -1.34. The molecule has 10 heteroatoms. The van der Waals surface area contributed by atoms with Crippen LogP contribution in [-0.2, 0) is 17.4 Å². The van der Waals surface area contributed by atoms with Crippen molar-refractivity contribution < 1.29 is 27.8 Å². The minimum absolute atomic E-state index is 0.139. The fourth-order valence-corrected chi connectivity index (χ4v) is 3.04. The SMILES string of the molecule is O=C(O)CCc1cc(Oc2c(Cl)cc(C(F)(F)F)c(Cl)c2Cl)ccc1Cl. The van der Waals surface area contributed by atoms with E-state index in [1.165, 1.54) is 18.2 Å². The molecule has 0 heterocycles. The quantitative estimate of drug-likeness (QED) is 0.496. The molecule has 0 amide bonds. The molecular weight excluding hydrogens is 439 g/mol. The number of rotatable bonds is 5. The molecule has 0 bridgehead atoms. The molecule has 0 aromatic heterocycles. The first-order chi connectivity index (χ1) is 12.0. The van der Waals surface area contributed by atoms with Gasteiger partial charge in [0, 0.05) is 11.4 Å². The van der Waals surface area contributed by atoms with E-state index < -0.39 is 27.8 Å². The summed E-state index contributed by atoms with van der Waals surface area (Å²) in [5.74, 6) is -1.10. The van der Waals surface area contributed by atoms with Crippen LogP contribution in [-0.4, -0.2) is 11.1 Å². The summed E-state index contributed by atoms with van der Waals surface area (Å²) in [6.07, 6.45) is -4.75. The minimum atomic E-state index is -4.73. The third-order valence-corrected chi connectivity index (χ3v) is 4.77. The van der Waals surface area contributed by atoms with Crippen LogP contribution in [0.1, 0.15) is 17.5 Å². The Morgan fingerprint density at radius 2 is 1.69 bits per heavy atom. The highest BCUT2D eigenvalue weighted by Crippen LogP contribution is 2.47. The molecule has 0 aliphatic heterocycles. The van der Waals surface area contributed by atoms with Crippen molar-refractivity contribution in [3.63, 3.8) is 0 Å². The van der Waals surface area contributed by atoms with Crippen LogP contribution in [0.5, 0.6) is 11.5 Å². The first-order valence-corrected chi connectivity index (χ1v) is 8.44. The molecule has 26 heavy (non-hydrogen) atoms. The van der Waals surface area contributed by atoms with Crippen molar-refractivity contribution in [2.45, 2.75) is 19.0 Å². The van der Waals surface area contributed by atoms with Crippen molar-refractivity contribution in [3.8, 4) is 11.5 Å². The lowest BCUT2D eigenvalue weighted by Gasteiger charge is -2.16. The van der Waals surface area contributed by atoms with Crippen LogP contribution < -0.4 is 4.74 Å². The number of aryl methyl sites for hydroxylation is 1. The van der Waals surface area contributed by atoms with Crippen LogP contribution in [0.2, 0.25) is 20.1 Å². The number of halogens is 7. The van der Waals surface area contributed by atoms with Gasteiger partial charge in [0.1, 0.15) is 10.8 Å². The number of ether oxygens (including phenoxy) is 1. The van der Waals surface area contributed by atoms with Gasteiger partial charge in [-0.1, -0.05) is 46.4 Å². The average Bonchev–Trinajstić information content (AvgIpc) is 2.53. The van der Waals surface area contributed by atoms with Gasteiger partial charge in [-0.2, -0.15) is 13.2 Å². The third-order valence-electron chi connectivity index (χ3n) is 3.27. The predicted octanol–water partition coefficient (Wildman–Crippen LogP) is 7.13. The van der Waals surface area contributed by atoms with Gasteiger partial charge in [-0.3, -0.25) is 4.79 Å². The van der Waals surface area contributed by atoms with Gasteiger partial charge < -0.3 is 9.84 Å². The molecule has 1 N–H and O–H groups in total. The molecule has 0 aliphatic rings. The van der Waals surface area contributed by atoms with Crippen LogP contribution in [0, 0.1) is 0 Å². The molecule has 0 atom stereocenters. The molecule has 3 nitrogen and oxygen atoms in total. The molecule has 0 radical (unpaired) electrons. The molecule has 0 unspecified atom stereocenters. The number of aliphatic carboxylic acids is 1. The van der Waals surface area contributed by atoms with E-state index in [0.29, 0.717) is 16.7 Å². The monoisotopic (exact) mass is 446 g/mol. The molecule has 0 fully saturated rings. The lowest BCUT2D eigenvalue weighted by atomic mass is 10.1. The molecule has 2 aromatic carbocycles. The van der Waals surface area contributed by atoms with Gasteiger partial charge in [0.05, 0.1) is 15.6 Å². The highest BCUT2D eigenvalue weighted by atomic mass is 35.5. The summed E-state index contributed by atoms with van der Waals surface area (Å²) in [7, 11) is 0. The van der Waals surface area contributed by atoms with Crippen molar-refractivity contribution >= 4 is 52.4 Å². The lowest BCUT2D eigenvalue weighted by molar-refractivity contribution is -0.138. The van der Waals surface area contributed by atoms with Crippen molar-refractivity contribution in [1.82, 2.24) is 0 Å². The largest absolute Gasteiger partial charge is 0.481 e. The van der Waals surface area contributed by atoms with Crippen molar-refractivity contribution in [3.05, 3.63) is 55.5 Å². The topological polar surface area (TPSA) is 46.5 Å². The molecule has 0 saturated carbocycles. The van der Waals surface area contributed by atoms with Crippen LogP contribution in [0.4, 0.5) is 13.2 Å². The van der Waals surface area contributed by atoms with Gasteiger partial charge >= 0.3 is 12.1 Å². The average molecular weight is 448 g/mol. The maximum atomic E-state index is 12.9. The van der Waals surface area contributed by atoms with E-state index in [1.54, 1.807) is 0 Å².